The van der Waals surface area contributed by atoms with Crippen LogP contribution in [0.5, 0.6) is 0 Å². The van der Waals surface area contributed by atoms with Crippen molar-refractivity contribution in [3.05, 3.63) is 40.9 Å². The summed E-state index contributed by atoms with van der Waals surface area (Å²) < 4.78 is 0. The van der Waals surface area contributed by atoms with Crippen LogP contribution >= 0.6 is 11.3 Å². The van der Waals surface area contributed by atoms with Crippen molar-refractivity contribution in [3.63, 3.8) is 0 Å². The smallest absolute Gasteiger partial charge is 0.275 e. The van der Waals surface area contributed by atoms with Crippen molar-refractivity contribution in [2.45, 2.75) is 26.8 Å². The van der Waals surface area contributed by atoms with Gasteiger partial charge in [0.05, 0.1) is 18.8 Å². The molecule has 2 amide bonds. The molecule has 2 heterocycles. The van der Waals surface area contributed by atoms with E-state index in [4.69, 9.17) is 0 Å². The average Bonchev–Trinajstić information content (AvgIpc) is 3.03. The van der Waals surface area contributed by atoms with E-state index in [1.54, 1.807) is 11.8 Å². The van der Waals surface area contributed by atoms with Gasteiger partial charge in [-0.25, -0.2) is 4.98 Å². The molecule has 0 spiro atoms. The molecular formula is C18H23N4O2S+. The van der Waals surface area contributed by atoms with Gasteiger partial charge < -0.3 is 10.2 Å². The molecule has 1 atom stereocenters. The second-order valence-electron chi connectivity index (χ2n) is 6.16. The van der Waals surface area contributed by atoms with Crippen LogP contribution in [0.3, 0.4) is 0 Å². The third kappa shape index (κ3) is 4.05. The number of rotatable bonds is 5. The van der Waals surface area contributed by atoms with E-state index in [0.717, 1.165) is 29.9 Å². The van der Waals surface area contributed by atoms with Crippen LogP contribution in [0, 0.1) is 0 Å². The average molecular weight is 359 g/mol. The number of nitrogens with one attached hydrogen (secondary N) is 2. The number of anilines is 2. The van der Waals surface area contributed by atoms with Crippen LogP contribution in [-0.2, 0) is 22.6 Å². The van der Waals surface area contributed by atoms with Gasteiger partial charge in [0, 0.05) is 12.3 Å². The van der Waals surface area contributed by atoms with Crippen molar-refractivity contribution in [3.8, 4) is 0 Å². The summed E-state index contributed by atoms with van der Waals surface area (Å²) in [6.45, 7) is 6.41. The van der Waals surface area contributed by atoms with Gasteiger partial charge in [0.1, 0.15) is 12.2 Å². The Bertz CT molecular complexity index is 774. The maximum absolute atomic E-state index is 12.3. The number of piperazine rings is 1. The van der Waals surface area contributed by atoms with Crippen LogP contribution in [0.15, 0.2) is 29.6 Å². The molecule has 3 rings (SSSR count). The second-order valence-corrected chi connectivity index (χ2v) is 7.00. The van der Waals surface area contributed by atoms with E-state index in [0.29, 0.717) is 24.8 Å². The van der Waals surface area contributed by atoms with Crippen molar-refractivity contribution in [1.29, 1.82) is 0 Å². The normalized spacial score (nSPS) is 17.2. The van der Waals surface area contributed by atoms with Gasteiger partial charge in [0.2, 0.25) is 5.91 Å². The van der Waals surface area contributed by atoms with Gasteiger partial charge >= 0.3 is 0 Å². The number of carbonyl (C=O) groups is 2. The van der Waals surface area contributed by atoms with Crippen molar-refractivity contribution in [2.75, 3.05) is 24.5 Å². The fourth-order valence-electron chi connectivity index (χ4n) is 3.08. The first-order valence-electron chi connectivity index (χ1n) is 8.51. The molecule has 1 unspecified atom stereocenters. The van der Waals surface area contributed by atoms with Gasteiger partial charge in [-0.15, -0.1) is 11.3 Å². The second kappa shape index (κ2) is 7.76. The molecule has 1 aliphatic heterocycles. The lowest BCUT2D eigenvalue weighted by molar-refractivity contribution is -0.907. The summed E-state index contributed by atoms with van der Waals surface area (Å²) in [6, 6.07) is 7.92. The predicted molar refractivity (Wildman–Crippen MR) is 98.2 cm³/mol. The van der Waals surface area contributed by atoms with Gasteiger partial charge in [-0.1, -0.05) is 25.1 Å². The first kappa shape index (κ1) is 17.6. The van der Waals surface area contributed by atoms with Crippen molar-refractivity contribution >= 4 is 34.0 Å². The highest BCUT2D eigenvalue weighted by Crippen LogP contribution is 2.31. The highest BCUT2D eigenvalue weighted by molar-refractivity contribution is 7.14. The molecule has 0 aliphatic carbocycles. The van der Waals surface area contributed by atoms with E-state index in [2.05, 4.69) is 17.2 Å². The van der Waals surface area contributed by atoms with Gasteiger partial charge in [0.25, 0.3) is 5.91 Å². The molecule has 1 aliphatic rings. The van der Waals surface area contributed by atoms with E-state index >= 15 is 0 Å². The lowest BCUT2D eigenvalue weighted by Crippen LogP contribution is -3.14. The minimum Gasteiger partial charge on any atom is -0.346 e. The molecule has 7 heteroatoms. The van der Waals surface area contributed by atoms with E-state index in [1.165, 1.54) is 16.2 Å². The van der Waals surface area contributed by atoms with Gasteiger partial charge in [-0.05, 0) is 18.1 Å². The molecule has 25 heavy (non-hydrogen) atoms. The van der Waals surface area contributed by atoms with Crippen molar-refractivity contribution < 1.29 is 14.5 Å². The van der Waals surface area contributed by atoms with Crippen LogP contribution in [0.2, 0.25) is 0 Å². The summed E-state index contributed by atoms with van der Waals surface area (Å²) >= 11 is 1.47. The summed E-state index contributed by atoms with van der Waals surface area (Å²) in [5, 5.41) is 5.51. The molecule has 1 saturated heterocycles. The predicted octanol–water partition coefficient (Wildman–Crippen LogP) is 0.905. The number of hydrogen-bond donors (Lipinski definition) is 2. The van der Waals surface area contributed by atoms with Crippen LogP contribution in [0.1, 0.15) is 25.1 Å². The SMILES string of the molecule is CCc1ccccc1N(C(C)=O)c1nc(C[NH+]2CCNC(=O)C2)cs1. The number of amides is 2. The molecule has 2 aromatic rings. The van der Waals surface area contributed by atoms with Crippen LogP contribution in [0.4, 0.5) is 10.8 Å². The summed E-state index contributed by atoms with van der Waals surface area (Å²) in [4.78, 5) is 31.4. The quantitative estimate of drug-likeness (QED) is 0.834. The van der Waals surface area contributed by atoms with Gasteiger partial charge in [0.15, 0.2) is 11.7 Å². The van der Waals surface area contributed by atoms with Crippen molar-refractivity contribution in [1.82, 2.24) is 10.3 Å². The standard InChI is InChI=1S/C18H22N4O2S/c1-3-14-6-4-5-7-16(14)22(13(2)23)18-20-15(12-25-18)10-21-9-8-19-17(24)11-21/h4-7,12H,3,8-11H2,1-2H3,(H,19,24)/p+1. The third-order valence-electron chi connectivity index (χ3n) is 4.30. The molecule has 0 bridgehead atoms. The highest BCUT2D eigenvalue weighted by atomic mass is 32.1. The number of para-hydroxylation sites is 1. The van der Waals surface area contributed by atoms with Gasteiger partial charge in [-0.2, -0.15) is 0 Å². The summed E-state index contributed by atoms with van der Waals surface area (Å²) in [5.41, 5.74) is 2.93. The lowest BCUT2D eigenvalue weighted by Gasteiger charge is -2.23. The summed E-state index contributed by atoms with van der Waals surface area (Å²) in [7, 11) is 0. The Morgan fingerprint density at radius 2 is 2.20 bits per heavy atom. The number of nitrogens with zero attached hydrogens (tertiary/aromatic N) is 2. The molecule has 0 saturated carbocycles. The largest absolute Gasteiger partial charge is 0.346 e. The summed E-state index contributed by atoms with van der Waals surface area (Å²) in [6.07, 6.45) is 0.852. The number of benzene rings is 1. The maximum Gasteiger partial charge on any atom is 0.275 e. The Morgan fingerprint density at radius 1 is 1.40 bits per heavy atom. The highest BCUT2D eigenvalue weighted by Gasteiger charge is 2.23. The van der Waals surface area contributed by atoms with Crippen LogP contribution in [-0.4, -0.2) is 36.4 Å². The summed E-state index contributed by atoms with van der Waals surface area (Å²) in [5.74, 6) is 0.0328. The number of quaternary nitrogens is 1. The number of aryl methyl sites for hydroxylation is 1. The third-order valence-corrected chi connectivity index (χ3v) is 5.18. The zero-order valence-electron chi connectivity index (χ0n) is 14.5. The first-order chi connectivity index (χ1) is 12.1. The monoisotopic (exact) mass is 359 g/mol. The first-order valence-corrected chi connectivity index (χ1v) is 9.39. The molecular weight excluding hydrogens is 336 g/mol. The van der Waals surface area contributed by atoms with E-state index in [-0.39, 0.29) is 11.8 Å². The molecule has 0 radical (unpaired) electrons. The Kier molecular flexibility index (Phi) is 5.45. The lowest BCUT2D eigenvalue weighted by atomic mass is 10.1. The fraction of sp³-hybridized carbons (Fsp3) is 0.389. The number of carbonyl (C=O) groups excluding carboxylic acids is 2. The number of thiazole rings is 1. The maximum atomic E-state index is 12.3. The molecule has 2 N–H and O–H groups in total. The zero-order valence-corrected chi connectivity index (χ0v) is 15.4. The number of aromatic nitrogens is 1. The molecule has 1 aromatic heterocycles. The topological polar surface area (TPSA) is 66.7 Å². The Labute approximate surface area is 151 Å². The molecule has 1 fully saturated rings. The van der Waals surface area contributed by atoms with E-state index < -0.39 is 0 Å². The Morgan fingerprint density at radius 3 is 2.92 bits per heavy atom. The molecule has 6 nitrogen and oxygen atoms in total. The Hall–Kier alpha value is -2.25. The zero-order chi connectivity index (χ0) is 17.8. The van der Waals surface area contributed by atoms with E-state index in [9.17, 15) is 9.59 Å². The Balaban J connectivity index is 1.83. The van der Waals surface area contributed by atoms with Gasteiger partial charge in [-0.3, -0.25) is 14.5 Å². The minimum absolute atomic E-state index is 0.0495. The van der Waals surface area contributed by atoms with Crippen molar-refractivity contribution in [2.24, 2.45) is 0 Å². The number of hydrogen-bond acceptors (Lipinski definition) is 4. The molecule has 1 aromatic carbocycles. The van der Waals surface area contributed by atoms with Crippen LogP contribution in [0.25, 0.3) is 0 Å². The molecule has 132 valence electrons. The van der Waals surface area contributed by atoms with Crippen LogP contribution < -0.4 is 15.1 Å². The van der Waals surface area contributed by atoms with E-state index in [1.807, 2.05) is 29.6 Å². The fourth-order valence-corrected chi connectivity index (χ4v) is 3.96. The minimum atomic E-state index is -0.0495.